The van der Waals surface area contributed by atoms with Gasteiger partial charge in [-0.25, -0.2) is 0 Å². The first kappa shape index (κ1) is 77.2. The smallest absolute Gasteiger partial charge is 0.306 e. The van der Waals surface area contributed by atoms with Crippen molar-refractivity contribution in [2.45, 2.75) is 309 Å². The van der Waals surface area contributed by atoms with Crippen LogP contribution in [0.2, 0.25) is 0 Å². The molecule has 0 bridgehead atoms. The van der Waals surface area contributed by atoms with Gasteiger partial charge < -0.3 is 28.5 Å². The number of nitrogens with zero attached hydrogens (tertiary/aromatic N) is 1. The number of likely N-dealkylation sites (N-methyl/N-ethyl adjacent to an activating group) is 1. The van der Waals surface area contributed by atoms with Gasteiger partial charge >= 0.3 is 5.97 Å². The van der Waals surface area contributed by atoms with Gasteiger partial charge in [0.1, 0.15) is 19.3 Å². The Bertz CT molecular complexity index is 1640. The number of phosphoric acid groups is 1. The Hall–Kier alpha value is -2.81. The number of carbonyl (C=O) groups excluding carboxylic acids is 2. The van der Waals surface area contributed by atoms with E-state index in [-0.39, 0.29) is 24.9 Å². The minimum atomic E-state index is -4.71. The summed E-state index contributed by atoms with van der Waals surface area (Å²) in [7, 11) is 1.16. The zero-order valence-electron chi connectivity index (χ0n) is 53.0. The second-order valence-electron chi connectivity index (χ2n) is 23.6. The quantitative estimate of drug-likeness (QED) is 0.0212. The number of hydrogen-bond donors (Lipinski definition) is 1. The lowest BCUT2D eigenvalue weighted by atomic mass is 10.0. The molecule has 3 atom stereocenters. The molecule has 9 nitrogen and oxygen atoms in total. The molecule has 0 saturated carbocycles. The molecule has 0 radical (unpaired) electrons. The fourth-order valence-electron chi connectivity index (χ4n) is 9.43. The van der Waals surface area contributed by atoms with E-state index in [1.54, 1.807) is 0 Å². The molecular weight excluding hydrogens is 1010 g/mol. The number of phosphoric ester groups is 1. The third kappa shape index (κ3) is 59.8. The molecule has 0 spiro atoms. The van der Waals surface area contributed by atoms with Crippen molar-refractivity contribution >= 4 is 19.7 Å². The lowest BCUT2D eigenvalue weighted by molar-refractivity contribution is -0.870. The molecule has 10 heteroatoms. The molecular formula is C70H127N2O7P. The summed E-state index contributed by atoms with van der Waals surface area (Å²) in [5.74, 6) is -0.575. The Morgan fingerprint density at radius 2 is 0.800 bits per heavy atom. The Morgan fingerprint density at radius 3 is 1.23 bits per heavy atom. The first-order valence-electron chi connectivity index (χ1n) is 33.4. The van der Waals surface area contributed by atoms with Crippen molar-refractivity contribution in [1.82, 2.24) is 5.32 Å². The predicted molar refractivity (Wildman–Crippen MR) is 344 cm³/mol. The van der Waals surface area contributed by atoms with Crippen molar-refractivity contribution in [2.24, 2.45) is 0 Å². The molecule has 3 unspecified atom stereocenters. The van der Waals surface area contributed by atoms with E-state index < -0.39 is 26.6 Å². The Morgan fingerprint density at radius 1 is 0.450 bits per heavy atom. The van der Waals surface area contributed by atoms with Crippen molar-refractivity contribution in [2.75, 3.05) is 40.9 Å². The summed E-state index contributed by atoms with van der Waals surface area (Å²) in [5, 5.41) is 3.03. The molecule has 464 valence electrons. The molecule has 80 heavy (non-hydrogen) atoms. The Balaban J connectivity index is 5.19. The summed E-state index contributed by atoms with van der Waals surface area (Å²) in [5.41, 5.74) is 0. The number of amides is 1. The minimum Gasteiger partial charge on any atom is -0.756 e. The summed E-state index contributed by atoms with van der Waals surface area (Å²) in [6, 6.07) is -0.906. The normalized spacial score (nSPS) is 14.1. The number of unbranched alkanes of at least 4 members (excludes halogenated alkanes) is 32. The third-order valence-electron chi connectivity index (χ3n) is 14.6. The third-order valence-corrected chi connectivity index (χ3v) is 15.5. The first-order valence-corrected chi connectivity index (χ1v) is 34.9. The van der Waals surface area contributed by atoms with Gasteiger partial charge in [-0.2, -0.15) is 0 Å². The van der Waals surface area contributed by atoms with Crippen LogP contribution in [0.1, 0.15) is 297 Å². The number of allylic oxidation sites excluding steroid dienone is 13. The standard InChI is InChI=1S/C70H127N2O7P/c1-7-10-13-16-19-22-25-28-30-32-34-35-36-37-39-40-42-44-47-50-53-56-59-62-69(73)71-67(66-78-80(75,76)77-65-64-72(4,5)6)68(61-58-55-52-49-46-27-24-21-18-15-12-9-3)79-70(74)63-60-57-54-51-48-45-43-41-38-33-31-29-26-23-20-17-14-11-8-2/h11,14,20,23,28-31,38,41,45,48,58,61,67-68H,7-10,12-13,15-19,21-22,24-27,32-37,39-40,42-44,46-47,49-57,59-60,62-66H2,1-6H3,(H-,71,73,75,76)/b14-11-,23-20-,30-28+,31-29-,41-38-,48-45-,61-58-. The van der Waals surface area contributed by atoms with Gasteiger partial charge in [0.2, 0.25) is 5.91 Å². The van der Waals surface area contributed by atoms with Crippen LogP contribution in [0.5, 0.6) is 0 Å². The summed E-state index contributed by atoms with van der Waals surface area (Å²) in [6.07, 6.45) is 78.4. The molecule has 0 aliphatic heterocycles. The summed E-state index contributed by atoms with van der Waals surface area (Å²) >= 11 is 0. The van der Waals surface area contributed by atoms with Crippen LogP contribution >= 0.6 is 7.82 Å². The van der Waals surface area contributed by atoms with Crippen LogP contribution in [-0.2, 0) is 27.9 Å². The maximum Gasteiger partial charge on any atom is 0.306 e. The number of quaternary nitrogens is 1. The second kappa shape index (κ2) is 59.4. The van der Waals surface area contributed by atoms with Crippen LogP contribution in [0, 0.1) is 0 Å². The van der Waals surface area contributed by atoms with Crippen molar-refractivity contribution in [3.63, 3.8) is 0 Å². The molecule has 1 N–H and O–H groups in total. The lowest BCUT2D eigenvalue weighted by Gasteiger charge is -2.30. The van der Waals surface area contributed by atoms with Crippen molar-refractivity contribution < 1.29 is 37.3 Å². The van der Waals surface area contributed by atoms with Crippen LogP contribution in [0.3, 0.4) is 0 Å². The monoisotopic (exact) mass is 1140 g/mol. The molecule has 1 amide bonds. The van der Waals surface area contributed by atoms with Gasteiger partial charge in [0.25, 0.3) is 7.82 Å². The maximum absolute atomic E-state index is 13.6. The highest BCUT2D eigenvalue weighted by molar-refractivity contribution is 7.45. The molecule has 0 aliphatic rings. The fraction of sp³-hybridized carbons (Fsp3) is 0.771. The van der Waals surface area contributed by atoms with Gasteiger partial charge in [0.15, 0.2) is 0 Å². The number of esters is 1. The van der Waals surface area contributed by atoms with Crippen LogP contribution < -0.4 is 10.2 Å². The van der Waals surface area contributed by atoms with Crippen LogP contribution in [-0.4, -0.2) is 69.4 Å². The van der Waals surface area contributed by atoms with Gasteiger partial charge in [-0.05, 0) is 102 Å². The van der Waals surface area contributed by atoms with Gasteiger partial charge in [0, 0.05) is 12.8 Å². The SMILES string of the molecule is CC/C=C\C/C=C\C/C=C\C/C=C\C/C=C\CCCCCC(=O)OC(/C=C\CCCCCCCCCCCC)C(COP(=O)([O-])OCC[N+](C)(C)C)NC(=O)CCCCCCCCCCCCCCC/C=C/CCCCCCCC. The number of ether oxygens (including phenoxy) is 1. The number of nitrogens with one attached hydrogen (secondary N) is 1. The largest absolute Gasteiger partial charge is 0.756 e. The molecule has 0 rings (SSSR count). The highest BCUT2D eigenvalue weighted by atomic mass is 31.2. The van der Waals surface area contributed by atoms with Crippen molar-refractivity contribution in [3.8, 4) is 0 Å². The maximum atomic E-state index is 13.6. The zero-order chi connectivity index (χ0) is 58.6. The van der Waals surface area contributed by atoms with Gasteiger partial charge in [-0.3, -0.25) is 14.2 Å². The molecule has 0 aromatic rings. The van der Waals surface area contributed by atoms with E-state index >= 15 is 0 Å². The average Bonchev–Trinajstić information content (AvgIpc) is 3.43. The summed E-state index contributed by atoms with van der Waals surface area (Å²) < 4.78 is 30.4. The van der Waals surface area contributed by atoms with Crippen molar-refractivity contribution in [3.05, 3.63) is 85.1 Å². The summed E-state index contributed by atoms with van der Waals surface area (Å²) in [4.78, 5) is 40.1. The second-order valence-corrected chi connectivity index (χ2v) is 25.0. The highest BCUT2D eigenvalue weighted by Crippen LogP contribution is 2.38. The van der Waals surface area contributed by atoms with E-state index in [2.05, 4.69) is 99.0 Å². The molecule has 0 saturated heterocycles. The molecule has 0 heterocycles. The van der Waals surface area contributed by atoms with E-state index in [1.165, 1.54) is 167 Å². The van der Waals surface area contributed by atoms with E-state index in [9.17, 15) is 19.0 Å². The van der Waals surface area contributed by atoms with E-state index in [1.807, 2.05) is 33.3 Å². The van der Waals surface area contributed by atoms with Crippen molar-refractivity contribution in [1.29, 1.82) is 0 Å². The topological polar surface area (TPSA) is 114 Å². The molecule has 0 aromatic carbocycles. The molecule has 0 aliphatic carbocycles. The Kier molecular flexibility index (Phi) is 57.3. The number of carbonyl (C=O) groups is 2. The van der Waals surface area contributed by atoms with Gasteiger partial charge in [-0.15, -0.1) is 0 Å². The first-order chi connectivity index (χ1) is 38.9. The fourth-order valence-corrected chi connectivity index (χ4v) is 10.1. The number of hydrogen-bond acceptors (Lipinski definition) is 7. The zero-order valence-corrected chi connectivity index (χ0v) is 53.9. The van der Waals surface area contributed by atoms with Gasteiger partial charge in [-0.1, -0.05) is 267 Å². The van der Waals surface area contributed by atoms with Crippen LogP contribution in [0.15, 0.2) is 85.1 Å². The molecule has 0 fully saturated rings. The van der Waals surface area contributed by atoms with E-state index in [0.717, 1.165) is 89.9 Å². The lowest BCUT2D eigenvalue weighted by Crippen LogP contribution is -2.47. The van der Waals surface area contributed by atoms with Gasteiger partial charge in [0.05, 0.1) is 33.8 Å². The highest BCUT2D eigenvalue weighted by Gasteiger charge is 2.27. The predicted octanol–water partition coefficient (Wildman–Crippen LogP) is 20.3. The Labute approximate surface area is 495 Å². The summed E-state index contributed by atoms with van der Waals surface area (Å²) in [6.45, 7) is 6.72. The minimum absolute atomic E-state index is 0.0303. The van der Waals surface area contributed by atoms with E-state index in [4.69, 9.17) is 13.8 Å². The molecule has 0 aromatic heterocycles. The number of rotatable bonds is 60. The van der Waals surface area contributed by atoms with Crippen LogP contribution in [0.25, 0.3) is 0 Å². The van der Waals surface area contributed by atoms with E-state index in [0.29, 0.717) is 23.9 Å². The average molecular weight is 1140 g/mol. The van der Waals surface area contributed by atoms with Crippen LogP contribution in [0.4, 0.5) is 0 Å².